The van der Waals surface area contributed by atoms with Crippen molar-refractivity contribution < 1.29 is 17.9 Å². The Kier molecular flexibility index (Phi) is 4.39. The van der Waals surface area contributed by atoms with E-state index < -0.39 is 11.7 Å². The van der Waals surface area contributed by atoms with Gasteiger partial charge in [0.2, 0.25) is 0 Å². The zero-order valence-electron chi connectivity index (χ0n) is 13.6. The lowest BCUT2D eigenvalue weighted by Gasteiger charge is -2.13. The second kappa shape index (κ2) is 6.34. The van der Waals surface area contributed by atoms with E-state index in [9.17, 15) is 13.2 Å². The van der Waals surface area contributed by atoms with Crippen molar-refractivity contribution in [2.75, 3.05) is 0 Å². The van der Waals surface area contributed by atoms with E-state index >= 15 is 0 Å². The highest BCUT2D eigenvalue weighted by Gasteiger charge is 2.31. The van der Waals surface area contributed by atoms with Gasteiger partial charge >= 0.3 is 6.18 Å². The Morgan fingerprint density at radius 2 is 2.12 bits per heavy atom. The van der Waals surface area contributed by atoms with Gasteiger partial charge < -0.3 is 9.72 Å². The highest BCUT2D eigenvalue weighted by atomic mass is 19.4. The number of rotatable bonds is 4. The number of nitrogens with one attached hydrogen (secondary N) is 1. The van der Waals surface area contributed by atoms with E-state index in [1.54, 1.807) is 6.07 Å². The summed E-state index contributed by atoms with van der Waals surface area (Å²) in [7, 11) is 0. The summed E-state index contributed by atoms with van der Waals surface area (Å²) >= 11 is 0. The van der Waals surface area contributed by atoms with Gasteiger partial charge in [0.15, 0.2) is 6.10 Å². The summed E-state index contributed by atoms with van der Waals surface area (Å²) in [6.07, 6.45) is -0.338. The van der Waals surface area contributed by atoms with Gasteiger partial charge in [-0.05, 0) is 31.6 Å². The number of hydrogen-bond acceptors (Lipinski definition) is 2. The minimum Gasteiger partial charge on any atom is -0.482 e. The largest absolute Gasteiger partial charge is 0.482 e. The fourth-order valence-electron chi connectivity index (χ4n) is 2.82. The van der Waals surface area contributed by atoms with Gasteiger partial charge in [-0.3, -0.25) is 0 Å². The van der Waals surface area contributed by atoms with Crippen LogP contribution in [0.25, 0.3) is 5.76 Å². The first kappa shape index (κ1) is 16.6. The van der Waals surface area contributed by atoms with Crippen LogP contribution in [0.2, 0.25) is 0 Å². The van der Waals surface area contributed by atoms with Gasteiger partial charge in [-0.25, -0.2) is 4.98 Å². The van der Waals surface area contributed by atoms with Crippen LogP contribution in [-0.4, -0.2) is 9.97 Å². The minimum absolute atomic E-state index is 0.279. The van der Waals surface area contributed by atoms with Gasteiger partial charge in [0.25, 0.3) is 0 Å². The van der Waals surface area contributed by atoms with Crippen LogP contribution < -0.4 is 0 Å². The molecule has 1 aromatic heterocycles. The molecule has 3 nitrogen and oxygen atoms in total. The molecule has 3 rings (SSSR count). The Labute approximate surface area is 138 Å². The molecule has 1 N–H and O–H groups in total. The highest BCUT2D eigenvalue weighted by molar-refractivity contribution is 5.62. The summed E-state index contributed by atoms with van der Waals surface area (Å²) in [4.78, 5) is 7.80. The summed E-state index contributed by atoms with van der Waals surface area (Å²) in [5.74, 6) is 1.20. The lowest BCUT2D eigenvalue weighted by atomic mass is 10.1. The third-order valence-electron chi connectivity index (χ3n) is 4.06. The molecular formula is C18H19F3N2O. The molecule has 1 aliphatic heterocycles. The molecule has 1 aliphatic rings. The molecule has 0 bridgehead atoms. The number of alkyl halides is 3. The van der Waals surface area contributed by atoms with Crippen molar-refractivity contribution in [3.63, 3.8) is 0 Å². The normalized spacial score (nSPS) is 17.7. The predicted molar refractivity (Wildman–Crippen MR) is 85.2 cm³/mol. The van der Waals surface area contributed by atoms with Crippen molar-refractivity contribution in [1.82, 2.24) is 9.97 Å². The van der Waals surface area contributed by atoms with E-state index in [1.165, 1.54) is 6.07 Å². The SMILES string of the molecule is CCCc1nc(C2CC=C(c3cccc(C(F)(F)F)c3)O2)[nH]c1C. The monoisotopic (exact) mass is 336 g/mol. The number of aromatic amines is 1. The Hall–Kier alpha value is -2.24. The average Bonchev–Trinajstić information content (AvgIpc) is 3.15. The maximum absolute atomic E-state index is 12.8. The molecule has 1 aromatic carbocycles. The zero-order valence-corrected chi connectivity index (χ0v) is 13.6. The molecule has 0 fully saturated rings. The van der Waals surface area contributed by atoms with Gasteiger partial charge in [0.1, 0.15) is 11.6 Å². The third-order valence-corrected chi connectivity index (χ3v) is 4.06. The van der Waals surface area contributed by atoms with E-state index in [1.807, 2.05) is 13.0 Å². The molecular weight excluding hydrogens is 317 g/mol. The van der Waals surface area contributed by atoms with Gasteiger partial charge in [-0.1, -0.05) is 25.5 Å². The smallest absolute Gasteiger partial charge is 0.416 e. The number of ether oxygens (including phenoxy) is 1. The maximum atomic E-state index is 12.8. The highest BCUT2D eigenvalue weighted by Crippen LogP contribution is 2.37. The van der Waals surface area contributed by atoms with E-state index in [4.69, 9.17) is 4.74 Å². The first-order valence-corrected chi connectivity index (χ1v) is 7.98. The molecule has 2 aromatic rings. The van der Waals surface area contributed by atoms with Gasteiger partial charge in [0.05, 0.1) is 11.3 Å². The van der Waals surface area contributed by atoms with E-state index in [0.717, 1.165) is 42.2 Å². The van der Waals surface area contributed by atoms with Gasteiger partial charge in [-0.15, -0.1) is 0 Å². The molecule has 0 radical (unpaired) electrons. The molecule has 0 saturated carbocycles. The number of benzene rings is 1. The molecule has 0 spiro atoms. The van der Waals surface area contributed by atoms with Crippen molar-refractivity contribution in [1.29, 1.82) is 0 Å². The second-order valence-electron chi connectivity index (χ2n) is 5.93. The Bertz CT molecular complexity index is 762. The standard InChI is InChI=1S/C18H19F3N2O/c1-3-5-14-11(2)22-17(23-14)16-9-8-15(24-16)12-6-4-7-13(10-12)18(19,20)21/h4,6-8,10,16H,3,5,9H2,1-2H3,(H,22,23). The maximum Gasteiger partial charge on any atom is 0.416 e. The molecule has 0 aliphatic carbocycles. The predicted octanol–water partition coefficient (Wildman–Crippen LogP) is 5.19. The van der Waals surface area contributed by atoms with E-state index in [0.29, 0.717) is 17.7 Å². The molecule has 1 atom stereocenters. The quantitative estimate of drug-likeness (QED) is 0.834. The molecule has 1 unspecified atom stereocenters. The molecule has 0 saturated heterocycles. The van der Waals surface area contributed by atoms with Gasteiger partial charge in [0, 0.05) is 17.7 Å². The number of aromatic nitrogens is 2. The Morgan fingerprint density at radius 3 is 2.83 bits per heavy atom. The average molecular weight is 336 g/mol. The zero-order chi connectivity index (χ0) is 17.3. The van der Waals surface area contributed by atoms with Crippen LogP contribution in [0.3, 0.4) is 0 Å². The molecule has 6 heteroatoms. The van der Waals surface area contributed by atoms with Crippen LogP contribution in [0.4, 0.5) is 13.2 Å². The lowest BCUT2D eigenvalue weighted by molar-refractivity contribution is -0.137. The summed E-state index contributed by atoms with van der Waals surface area (Å²) in [6, 6.07) is 5.19. The fourth-order valence-corrected chi connectivity index (χ4v) is 2.82. The Balaban J connectivity index is 1.77. The molecule has 2 heterocycles. The molecule has 128 valence electrons. The second-order valence-corrected chi connectivity index (χ2v) is 5.93. The summed E-state index contributed by atoms with van der Waals surface area (Å²) in [5.41, 5.74) is 1.79. The van der Waals surface area contributed by atoms with Crippen LogP contribution >= 0.6 is 0 Å². The summed E-state index contributed by atoms with van der Waals surface area (Å²) < 4.78 is 44.4. The number of H-pyrrole nitrogens is 1. The number of nitrogens with zero attached hydrogens (tertiary/aromatic N) is 1. The van der Waals surface area contributed by atoms with Crippen molar-refractivity contribution in [2.24, 2.45) is 0 Å². The van der Waals surface area contributed by atoms with Crippen molar-refractivity contribution in [3.05, 3.63) is 58.7 Å². The van der Waals surface area contributed by atoms with Crippen molar-refractivity contribution in [2.45, 2.75) is 45.4 Å². The minimum atomic E-state index is -4.36. The van der Waals surface area contributed by atoms with Crippen LogP contribution in [0, 0.1) is 6.92 Å². The fraction of sp³-hybridized carbons (Fsp3) is 0.389. The van der Waals surface area contributed by atoms with Crippen LogP contribution in [0.1, 0.15) is 54.2 Å². The summed E-state index contributed by atoms with van der Waals surface area (Å²) in [5, 5.41) is 0. The number of aryl methyl sites for hydroxylation is 2. The number of hydrogen-bond donors (Lipinski definition) is 1. The summed E-state index contributed by atoms with van der Waals surface area (Å²) in [6.45, 7) is 4.06. The number of imidazole rings is 1. The number of halogens is 3. The topological polar surface area (TPSA) is 37.9 Å². The van der Waals surface area contributed by atoms with Crippen LogP contribution in [0.15, 0.2) is 30.3 Å². The molecule has 0 amide bonds. The van der Waals surface area contributed by atoms with E-state index in [2.05, 4.69) is 16.9 Å². The van der Waals surface area contributed by atoms with Crippen LogP contribution in [0.5, 0.6) is 0 Å². The van der Waals surface area contributed by atoms with E-state index in [-0.39, 0.29) is 6.10 Å². The first-order chi connectivity index (χ1) is 11.4. The van der Waals surface area contributed by atoms with Crippen LogP contribution in [-0.2, 0) is 17.3 Å². The Morgan fingerprint density at radius 1 is 1.33 bits per heavy atom. The lowest BCUT2D eigenvalue weighted by Crippen LogP contribution is -2.05. The van der Waals surface area contributed by atoms with Gasteiger partial charge in [-0.2, -0.15) is 13.2 Å². The first-order valence-electron chi connectivity index (χ1n) is 7.98. The molecule has 24 heavy (non-hydrogen) atoms. The third kappa shape index (κ3) is 3.32. The van der Waals surface area contributed by atoms with Crippen molar-refractivity contribution >= 4 is 5.76 Å². The van der Waals surface area contributed by atoms with Crippen molar-refractivity contribution in [3.8, 4) is 0 Å².